The topological polar surface area (TPSA) is 74.2 Å². The zero-order valence-corrected chi connectivity index (χ0v) is 12.2. The van der Waals surface area contributed by atoms with Crippen molar-refractivity contribution in [1.29, 1.82) is 5.26 Å². The van der Waals surface area contributed by atoms with Crippen LogP contribution in [0.1, 0.15) is 31.4 Å². The normalized spacial score (nSPS) is 10.2. The third kappa shape index (κ3) is 5.29. The maximum atomic E-state index is 11.4. The van der Waals surface area contributed by atoms with Gasteiger partial charge in [-0.25, -0.2) is 0 Å². The molecule has 0 fully saturated rings. The first-order valence-electron chi connectivity index (χ1n) is 6.64. The number of nitrogens with zero attached hydrogens (tertiary/aromatic N) is 1. The van der Waals surface area contributed by atoms with Crippen LogP contribution in [0.5, 0.6) is 5.75 Å². The molecule has 2 N–H and O–H groups in total. The minimum Gasteiger partial charge on any atom is -0.495 e. The molecule has 1 rings (SSSR count). The first-order chi connectivity index (χ1) is 9.56. The predicted molar refractivity (Wildman–Crippen MR) is 77.3 cm³/mol. The van der Waals surface area contributed by atoms with Crippen molar-refractivity contribution < 1.29 is 9.53 Å². The van der Waals surface area contributed by atoms with Crippen LogP contribution < -0.4 is 15.4 Å². The number of benzene rings is 1. The fourth-order valence-electron chi connectivity index (χ4n) is 1.77. The van der Waals surface area contributed by atoms with Crippen LogP contribution >= 0.6 is 0 Å². The number of carbonyl (C=O) groups excluding carboxylic acids is 1. The van der Waals surface area contributed by atoms with Gasteiger partial charge in [0.2, 0.25) is 5.91 Å². The first kappa shape index (κ1) is 16.0. The number of carbonyl (C=O) groups is 1. The summed E-state index contributed by atoms with van der Waals surface area (Å²) in [4.78, 5) is 11.4. The third-order valence-electron chi connectivity index (χ3n) is 2.69. The van der Waals surface area contributed by atoms with E-state index in [9.17, 15) is 4.79 Å². The minimum atomic E-state index is 0.0462. The fraction of sp³-hybridized carbons (Fsp3) is 0.467. The second kappa shape index (κ2) is 8.18. The Morgan fingerprint density at radius 3 is 2.80 bits per heavy atom. The molecule has 0 bridgehead atoms. The van der Waals surface area contributed by atoms with Crippen molar-refractivity contribution in [3.63, 3.8) is 0 Å². The van der Waals surface area contributed by atoms with Crippen LogP contribution in [0.2, 0.25) is 0 Å². The smallest absolute Gasteiger partial charge is 0.221 e. The van der Waals surface area contributed by atoms with E-state index in [1.165, 1.54) is 0 Å². The van der Waals surface area contributed by atoms with Gasteiger partial charge in [-0.05, 0) is 31.5 Å². The number of hydrogen-bond donors (Lipinski definition) is 2. The van der Waals surface area contributed by atoms with E-state index < -0.39 is 0 Å². The Balaban J connectivity index is 2.39. The zero-order chi connectivity index (χ0) is 15.0. The van der Waals surface area contributed by atoms with E-state index in [4.69, 9.17) is 10.00 Å². The highest BCUT2D eigenvalue weighted by atomic mass is 16.5. The molecule has 1 aromatic rings. The first-order valence-corrected chi connectivity index (χ1v) is 6.64. The highest BCUT2D eigenvalue weighted by Gasteiger charge is 2.05. The molecule has 0 aliphatic heterocycles. The number of hydrogen-bond acceptors (Lipinski definition) is 4. The Labute approximate surface area is 119 Å². The molecule has 0 aliphatic carbocycles. The van der Waals surface area contributed by atoms with Gasteiger partial charge < -0.3 is 15.4 Å². The molecule has 5 nitrogen and oxygen atoms in total. The number of rotatable bonds is 7. The average molecular weight is 275 g/mol. The highest BCUT2D eigenvalue weighted by molar-refractivity contribution is 5.76. The van der Waals surface area contributed by atoms with Gasteiger partial charge in [-0.3, -0.25) is 4.79 Å². The molecule has 0 heterocycles. The summed E-state index contributed by atoms with van der Waals surface area (Å²) in [6.07, 6.45) is 0.450. The van der Waals surface area contributed by atoms with Crippen molar-refractivity contribution in [2.45, 2.75) is 32.9 Å². The Hall–Kier alpha value is -2.06. The van der Waals surface area contributed by atoms with Crippen molar-refractivity contribution in [2.24, 2.45) is 0 Å². The molecule has 0 saturated carbocycles. The van der Waals surface area contributed by atoms with Crippen LogP contribution in [0.15, 0.2) is 18.2 Å². The van der Waals surface area contributed by atoms with E-state index in [-0.39, 0.29) is 11.9 Å². The molecular formula is C15H21N3O2. The second-order valence-corrected chi connectivity index (χ2v) is 4.80. The third-order valence-corrected chi connectivity index (χ3v) is 2.69. The van der Waals surface area contributed by atoms with Gasteiger partial charge in [0.05, 0.1) is 12.7 Å². The van der Waals surface area contributed by atoms with Crippen LogP contribution in [0, 0.1) is 11.3 Å². The van der Waals surface area contributed by atoms with Crippen molar-refractivity contribution in [3.05, 3.63) is 29.3 Å². The van der Waals surface area contributed by atoms with Crippen LogP contribution in [0.25, 0.3) is 0 Å². The standard InChI is InChI=1S/C15H21N3O2/c1-11(2)18-15(19)6-7-17-10-12-4-5-13(9-16)14(8-12)20-3/h4-5,8,11,17H,6-7,10H2,1-3H3,(H,18,19). The SMILES string of the molecule is COc1cc(CNCCC(=O)NC(C)C)ccc1C#N. The van der Waals surface area contributed by atoms with E-state index in [0.29, 0.717) is 30.8 Å². The molecule has 0 atom stereocenters. The number of amides is 1. The van der Waals surface area contributed by atoms with Gasteiger partial charge in [0.15, 0.2) is 0 Å². The maximum absolute atomic E-state index is 11.4. The van der Waals surface area contributed by atoms with Gasteiger partial charge in [-0.2, -0.15) is 5.26 Å². The van der Waals surface area contributed by atoms with Gasteiger partial charge in [-0.15, -0.1) is 0 Å². The van der Waals surface area contributed by atoms with E-state index in [1.807, 2.05) is 26.0 Å². The lowest BCUT2D eigenvalue weighted by molar-refractivity contribution is -0.121. The number of nitrogens with one attached hydrogen (secondary N) is 2. The summed E-state index contributed by atoms with van der Waals surface area (Å²) in [6, 6.07) is 7.70. The zero-order valence-electron chi connectivity index (χ0n) is 12.2. The molecule has 5 heteroatoms. The molecule has 1 amide bonds. The molecule has 0 spiro atoms. The maximum Gasteiger partial charge on any atom is 0.221 e. The minimum absolute atomic E-state index is 0.0462. The van der Waals surface area contributed by atoms with Gasteiger partial charge in [-0.1, -0.05) is 6.07 Å². The molecule has 1 aromatic carbocycles. The summed E-state index contributed by atoms with van der Waals surface area (Å²) >= 11 is 0. The van der Waals surface area contributed by atoms with E-state index in [2.05, 4.69) is 16.7 Å². The van der Waals surface area contributed by atoms with Crippen molar-refractivity contribution >= 4 is 5.91 Å². The van der Waals surface area contributed by atoms with Crippen LogP contribution in [0.3, 0.4) is 0 Å². The highest BCUT2D eigenvalue weighted by Crippen LogP contribution is 2.18. The molecule has 0 saturated heterocycles. The van der Waals surface area contributed by atoms with Gasteiger partial charge >= 0.3 is 0 Å². The average Bonchev–Trinajstić information content (AvgIpc) is 2.42. The fourth-order valence-corrected chi connectivity index (χ4v) is 1.77. The molecule has 0 aliphatic rings. The molecule has 20 heavy (non-hydrogen) atoms. The Morgan fingerprint density at radius 1 is 1.45 bits per heavy atom. The van der Waals surface area contributed by atoms with E-state index >= 15 is 0 Å². The summed E-state index contributed by atoms with van der Waals surface area (Å²) < 4.78 is 5.15. The summed E-state index contributed by atoms with van der Waals surface area (Å²) in [5, 5.41) is 14.9. The quantitative estimate of drug-likeness (QED) is 0.741. The van der Waals surface area contributed by atoms with E-state index in [1.54, 1.807) is 13.2 Å². The summed E-state index contributed by atoms with van der Waals surface area (Å²) in [5.41, 5.74) is 1.54. The number of ether oxygens (including phenoxy) is 1. The lowest BCUT2D eigenvalue weighted by atomic mass is 10.1. The molecular weight excluding hydrogens is 254 g/mol. The number of methoxy groups -OCH3 is 1. The van der Waals surface area contributed by atoms with Crippen LogP contribution in [0.4, 0.5) is 0 Å². The van der Waals surface area contributed by atoms with Crippen LogP contribution in [-0.2, 0) is 11.3 Å². The Morgan fingerprint density at radius 2 is 2.20 bits per heavy atom. The molecule has 0 unspecified atom stereocenters. The van der Waals surface area contributed by atoms with Crippen molar-refractivity contribution in [1.82, 2.24) is 10.6 Å². The van der Waals surface area contributed by atoms with Crippen molar-refractivity contribution in [2.75, 3.05) is 13.7 Å². The molecule has 0 radical (unpaired) electrons. The lowest BCUT2D eigenvalue weighted by Gasteiger charge is -2.10. The summed E-state index contributed by atoms with van der Waals surface area (Å²) in [6.45, 7) is 5.13. The Kier molecular flexibility index (Phi) is 6.54. The van der Waals surface area contributed by atoms with Gasteiger partial charge in [0.25, 0.3) is 0 Å². The monoisotopic (exact) mass is 275 g/mol. The molecule has 0 aromatic heterocycles. The van der Waals surface area contributed by atoms with Gasteiger partial charge in [0, 0.05) is 25.6 Å². The van der Waals surface area contributed by atoms with Crippen molar-refractivity contribution in [3.8, 4) is 11.8 Å². The Bertz CT molecular complexity index is 492. The summed E-state index contributed by atoms with van der Waals surface area (Å²) in [7, 11) is 1.55. The predicted octanol–water partition coefficient (Wildman–Crippen LogP) is 1.57. The van der Waals surface area contributed by atoms with E-state index in [0.717, 1.165) is 5.56 Å². The number of nitriles is 1. The largest absolute Gasteiger partial charge is 0.495 e. The van der Waals surface area contributed by atoms with Gasteiger partial charge in [0.1, 0.15) is 11.8 Å². The van der Waals surface area contributed by atoms with Crippen LogP contribution in [-0.4, -0.2) is 25.6 Å². The summed E-state index contributed by atoms with van der Waals surface area (Å²) in [5.74, 6) is 0.620. The lowest BCUT2D eigenvalue weighted by Crippen LogP contribution is -2.32. The molecule has 108 valence electrons. The second-order valence-electron chi connectivity index (χ2n) is 4.80.